The second-order valence-electron chi connectivity index (χ2n) is 7.87. The number of ether oxygens (including phenoxy) is 1. The molecule has 5 rings (SSSR count). The van der Waals surface area contributed by atoms with Crippen LogP contribution in [0.5, 0.6) is 5.75 Å². The molecule has 2 aromatic heterocycles. The number of benzene rings is 1. The van der Waals surface area contributed by atoms with Gasteiger partial charge in [0.25, 0.3) is 0 Å². The first-order valence-electron chi connectivity index (χ1n) is 10.6. The number of imidazole rings is 1. The Labute approximate surface area is 185 Å². The molecule has 10 heteroatoms. The maximum absolute atomic E-state index is 5.63. The van der Waals surface area contributed by atoms with Gasteiger partial charge in [0.05, 0.1) is 49.7 Å². The summed E-state index contributed by atoms with van der Waals surface area (Å²) in [6, 6.07) is 6.05. The molecular weight excluding hydrogens is 412 g/mol. The van der Waals surface area contributed by atoms with Crippen molar-refractivity contribution in [2.24, 2.45) is 4.40 Å². The Morgan fingerprint density at radius 3 is 3.00 bits per heavy atom. The zero-order chi connectivity index (χ0) is 21.2. The third-order valence-corrected chi connectivity index (χ3v) is 6.39. The van der Waals surface area contributed by atoms with E-state index in [0.717, 1.165) is 41.4 Å². The van der Waals surface area contributed by atoms with Gasteiger partial charge in [-0.2, -0.15) is 4.40 Å². The Bertz CT molecular complexity index is 1090. The van der Waals surface area contributed by atoms with Crippen LogP contribution in [0.1, 0.15) is 31.4 Å². The third-order valence-electron chi connectivity index (χ3n) is 5.71. The maximum Gasteiger partial charge on any atom is 0.143 e. The van der Waals surface area contributed by atoms with Crippen LogP contribution >= 0.6 is 12.1 Å². The summed E-state index contributed by atoms with van der Waals surface area (Å²) in [5, 5.41) is 8.79. The molecule has 0 bridgehead atoms. The molecule has 1 fully saturated rings. The van der Waals surface area contributed by atoms with Crippen molar-refractivity contribution in [2.45, 2.75) is 45.3 Å². The zero-order valence-electron chi connectivity index (χ0n) is 17.7. The van der Waals surface area contributed by atoms with E-state index in [2.05, 4.69) is 29.3 Å². The van der Waals surface area contributed by atoms with E-state index in [1.807, 2.05) is 46.8 Å². The number of methoxy groups -OCH3 is 1. The average Bonchev–Trinajstić information content (AvgIpc) is 3.36. The molecule has 0 amide bonds. The SMILES string of the molecule is COc1cc(-c2cn(CC3NSN=C4CCCCCN43)nn2)ccc1-n1cnc(C)c1. The van der Waals surface area contributed by atoms with Crippen LogP contribution < -0.4 is 9.46 Å². The minimum atomic E-state index is 0.159. The molecule has 9 nitrogen and oxygen atoms in total. The summed E-state index contributed by atoms with van der Waals surface area (Å²) >= 11 is 1.44. The second-order valence-corrected chi connectivity index (χ2v) is 8.47. The van der Waals surface area contributed by atoms with E-state index in [9.17, 15) is 0 Å². The maximum atomic E-state index is 5.63. The Morgan fingerprint density at radius 1 is 1.23 bits per heavy atom. The van der Waals surface area contributed by atoms with Gasteiger partial charge in [-0.05, 0) is 31.9 Å². The van der Waals surface area contributed by atoms with Gasteiger partial charge in [0.15, 0.2) is 0 Å². The zero-order valence-corrected chi connectivity index (χ0v) is 18.5. The fraction of sp³-hybridized carbons (Fsp3) is 0.429. The van der Waals surface area contributed by atoms with E-state index in [4.69, 9.17) is 4.74 Å². The predicted molar refractivity (Wildman–Crippen MR) is 121 cm³/mol. The van der Waals surface area contributed by atoms with Gasteiger partial charge in [0.2, 0.25) is 0 Å². The summed E-state index contributed by atoms with van der Waals surface area (Å²) in [7, 11) is 1.68. The monoisotopic (exact) mass is 438 g/mol. The molecule has 0 spiro atoms. The lowest BCUT2D eigenvalue weighted by molar-refractivity contribution is 0.257. The number of fused-ring (bicyclic) bond motifs is 1. The van der Waals surface area contributed by atoms with E-state index in [0.29, 0.717) is 6.54 Å². The lowest BCUT2D eigenvalue weighted by atomic mass is 10.1. The average molecular weight is 439 g/mol. The lowest BCUT2D eigenvalue weighted by Crippen LogP contribution is -2.51. The summed E-state index contributed by atoms with van der Waals surface area (Å²) in [4.78, 5) is 6.69. The number of hydrogen-bond donors (Lipinski definition) is 1. The van der Waals surface area contributed by atoms with Gasteiger partial charge in [-0.25, -0.2) is 14.4 Å². The van der Waals surface area contributed by atoms with E-state index in [1.54, 1.807) is 13.4 Å². The summed E-state index contributed by atoms with van der Waals surface area (Å²) < 4.78 is 17.5. The van der Waals surface area contributed by atoms with Crippen LogP contribution in [0.15, 0.2) is 41.3 Å². The van der Waals surface area contributed by atoms with E-state index >= 15 is 0 Å². The highest BCUT2D eigenvalue weighted by Crippen LogP contribution is 2.29. The summed E-state index contributed by atoms with van der Waals surface area (Å²) in [5.41, 5.74) is 3.68. The van der Waals surface area contributed by atoms with Crippen molar-refractivity contribution < 1.29 is 4.74 Å². The van der Waals surface area contributed by atoms with Crippen LogP contribution in [-0.2, 0) is 6.54 Å². The van der Waals surface area contributed by atoms with Crippen LogP contribution in [-0.4, -0.2) is 55.1 Å². The van der Waals surface area contributed by atoms with Gasteiger partial charge in [-0.1, -0.05) is 17.7 Å². The number of hydrogen-bond acceptors (Lipinski definition) is 8. The fourth-order valence-electron chi connectivity index (χ4n) is 4.09. The van der Waals surface area contributed by atoms with Crippen LogP contribution in [0.3, 0.4) is 0 Å². The molecule has 0 radical (unpaired) electrons. The summed E-state index contributed by atoms with van der Waals surface area (Å²) in [6.45, 7) is 3.71. The number of rotatable bonds is 5. The molecule has 1 N–H and O–H groups in total. The second kappa shape index (κ2) is 8.72. The van der Waals surface area contributed by atoms with Crippen LogP contribution in [0.4, 0.5) is 0 Å². The fourth-order valence-corrected chi connectivity index (χ4v) is 4.77. The smallest absolute Gasteiger partial charge is 0.143 e. The predicted octanol–water partition coefficient (Wildman–Crippen LogP) is 3.21. The highest BCUT2D eigenvalue weighted by Gasteiger charge is 2.27. The molecule has 0 aliphatic carbocycles. The molecule has 162 valence electrons. The highest BCUT2D eigenvalue weighted by molar-refractivity contribution is 7.96. The molecule has 0 saturated carbocycles. The minimum Gasteiger partial charge on any atom is -0.495 e. The molecule has 3 aromatic rings. The summed E-state index contributed by atoms with van der Waals surface area (Å²) in [5.74, 6) is 1.96. The molecule has 4 heterocycles. The molecule has 1 saturated heterocycles. The van der Waals surface area contributed by atoms with Gasteiger partial charge in [-0.3, -0.25) is 0 Å². The third kappa shape index (κ3) is 4.17. The van der Waals surface area contributed by atoms with Crippen molar-refractivity contribution in [3.05, 3.63) is 42.6 Å². The van der Waals surface area contributed by atoms with Crippen LogP contribution in [0, 0.1) is 6.92 Å². The molecule has 2 aliphatic rings. The Kier molecular flexibility index (Phi) is 5.65. The lowest BCUT2D eigenvalue weighted by Gasteiger charge is -2.35. The highest BCUT2D eigenvalue weighted by atomic mass is 32.2. The van der Waals surface area contributed by atoms with Crippen molar-refractivity contribution in [3.63, 3.8) is 0 Å². The van der Waals surface area contributed by atoms with Gasteiger partial charge >= 0.3 is 0 Å². The normalized spacial score (nSPS) is 19.0. The number of nitrogens with zero attached hydrogens (tertiary/aromatic N) is 7. The largest absolute Gasteiger partial charge is 0.495 e. The molecule has 1 atom stereocenters. The standard InChI is InChI=1S/C21H26N8OS/c1-15-11-27(14-22-15)18-8-7-16(10-19(18)30-2)17-12-28(26-23-17)13-21-25-31-24-20-6-4-3-5-9-29(20)21/h7-8,10-12,14,21,25H,3-6,9,13H2,1-2H3. The first kappa shape index (κ1) is 20.1. The molecule has 2 aliphatic heterocycles. The van der Waals surface area contributed by atoms with Gasteiger partial charge < -0.3 is 14.2 Å². The van der Waals surface area contributed by atoms with Crippen molar-refractivity contribution in [2.75, 3.05) is 13.7 Å². The van der Waals surface area contributed by atoms with Gasteiger partial charge in [0, 0.05) is 24.7 Å². The van der Waals surface area contributed by atoms with Crippen LogP contribution in [0.25, 0.3) is 16.9 Å². The van der Waals surface area contributed by atoms with Gasteiger partial charge in [-0.15, -0.1) is 5.10 Å². The number of nitrogens with one attached hydrogen (secondary N) is 1. The van der Waals surface area contributed by atoms with Crippen molar-refractivity contribution in [3.8, 4) is 22.7 Å². The van der Waals surface area contributed by atoms with E-state index < -0.39 is 0 Å². The molecule has 1 unspecified atom stereocenters. The Balaban J connectivity index is 1.35. The van der Waals surface area contributed by atoms with E-state index in [-0.39, 0.29) is 6.17 Å². The number of aryl methyl sites for hydroxylation is 1. The molecule has 31 heavy (non-hydrogen) atoms. The first-order chi connectivity index (χ1) is 15.2. The molecule has 1 aromatic carbocycles. The van der Waals surface area contributed by atoms with Crippen molar-refractivity contribution >= 4 is 18.0 Å². The Morgan fingerprint density at radius 2 is 2.16 bits per heavy atom. The van der Waals surface area contributed by atoms with E-state index in [1.165, 1.54) is 37.2 Å². The Hall–Kier alpha value is -2.85. The molecular formula is C21H26N8OS. The van der Waals surface area contributed by atoms with Crippen molar-refractivity contribution in [1.29, 1.82) is 0 Å². The van der Waals surface area contributed by atoms with Crippen molar-refractivity contribution in [1.82, 2.24) is 34.2 Å². The topological polar surface area (TPSA) is 85.4 Å². The number of amidine groups is 1. The number of aromatic nitrogens is 5. The van der Waals surface area contributed by atoms with Gasteiger partial charge in [0.1, 0.15) is 23.4 Å². The summed E-state index contributed by atoms with van der Waals surface area (Å²) in [6.07, 6.45) is 10.6. The quantitative estimate of drug-likeness (QED) is 0.612. The minimum absolute atomic E-state index is 0.159. The van der Waals surface area contributed by atoms with Crippen LogP contribution in [0.2, 0.25) is 0 Å². The first-order valence-corrected chi connectivity index (χ1v) is 11.3.